The zero-order valence-corrected chi connectivity index (χ0v) is 18.5. The van der Waals surface area contributed by atoms with Gasteiger partial charge in [-0.15, -0.1) is 0 Å². The minimum Gasteiger partial charge on any atom is -0.733 e. The van der Waals surface area contributed by atoms with Crippen LogP contribution in [-0.2, 0) is 6.54 Å². The Labute approximate surface area is 193 Å². The summed E-state index contributed by atoms with van der Waals surface area (Å²) in [6.45, 7) is 1.62. The second-order valence-electron chi connectivity index (χ2n) is 7.89. The van der Waals surface area contributed by atoms with Crippen LogP contribution < -0.4 is 16.1 Å². The lowest BCUT2D eigenvalue weighted by molar-refractivity contribution is 0.0586. The van der Waals surface area contributed by atoms with E-state index < -0.39 is 15.9 Å². The van der Waals surface area contributed by atoms with Crippen LogP contribution in [0.5, 0.6) is 0 Å². The Morgan fingerprint density at radius 1 is 1.19 bits per heavy atom. The van der Waals surface area contributed by atoms with Gasteiger partial charge in [-0.3, -0.25) is 19.7 Å². The van der Waals surface area contributed by atoms with E-state index in [1.807, 2.05) is 11.0 Å². The highest BCUT2D eigenvalue weighted by Gasteiger charge is 2.44. The molecule has 4 rings (SSSR count). The lowest BCUT2D eigenvalue weighted by atomic mass is 9.83. The minimum atomic E-state index is -1.82. The molecule has 3 atom stereocenters. The average Bonchev–Trinajstić information content (AvgIpc) is 2.71. The Bertz CT molecular complexity index is 1040. The molecule has 3 heterocycles. The summed E-state index contributed by atoms with van der Waals surface area (Å²) in [6.07, 6.45) is -0.0170. The van der Waals surface area contributed by atoms with Gasteiger partial charge in [0, 0.05) is 42.9 Å². The van der Waals surface area contributed by atoms with Crippen LogP contribution in [0.1, 0.15) is 28.4 Å². The van der Waals surface area contributed by atoms with E-state index in [2.05, 4.69) is 5.32 Å². The van der Waals surface area contributed by atoms with Gasteiger partial charge in [-0.05, 0) is 36.6 Å². The summed E-state index contributed by atoms with van der Waals surface area (Å²) in [5.41, 5.74) is 0.963. The van der Waals surface area contributed by atoms with Crippen molar-refractivity contribution in [3.05, 3.63) is 69.3 Å². The van der Waals surface area contributed by atoms with Crippen molar-refractivity contribution in [3.63, 3.8) is 0 Å². The lowest BCUT2D eigenvalue weighted by Crippen LogP contribution is -2.60. The SMILES string of the molecule is O=C(N[C@@H](N1C[C@H]2C[C@H](C1)c1cccc(=O)n1C2)C(Cl)(Cl)Cl)c1cccc(N([O-])O)c1. The zero-order chi connectivity index (χ0) is 22.3. The number of hydrogen-bond donors (Lipinski definition) is 2. The molecule has 1 aromatic carbocycles. The van der Waals surface area contributed by atoms with Gasteiger partial charge in [0.1, 0.15) is 6.17 Å². The predicted octanol–water partition coefficient (Wildman–Crippen LogP) is 3.09. The second-order valence-corrected chi connectivity index (χ2v) is 10.3. The molecular formula is C20H20Cl3N4O4-. The van der Waals surface area contributed by atoms with Crippen LogP contribution in [0, 0.1) is 11.1 Å². The summed E-state index contributed by atoms with van der Waals surface area (Å²) in [7, 11) is 0. The number of fused-ring (bicyclic) bond motifs is 4. The van der Waals surface area contributed by atoms with Crippen molar-refractivity contribution in [2.24, 2.45) is 5.92 Å². The molecule has 11 heteroatoms. The third-order valence-electron chi connectivity index (χ3n) is 5.78. The molecular weight excluding hydrogens is 467 g/mol. The number of alkyl halides is 3. The maximum Gasteiger partial charge on any atom is 0.252 e. The molecule has 31 heavy (non-hydrogen) atoms. The molecule has 1 aromatic heterocycles. The van der Waals surface area contributed by atoms with Crippen LogP contribution in [-0.4, -0.2) is 43.6 Å². The van der Waals surface area contributed by atoms with Gasteiger partial charge in [0.2, 0.25) is 3.79 Å². The summed E-state index contributed by atoms with van der Waals surface area (Å²) in [5, 5.41) is 22.6. The van der Waals surface area contributed by atoms with Crippen molar-refractivity contribution in [1.82, 2.24) is 14.8 Å². The number of aromatic nitrogens is 1. The number of likely N-dealkylation sites (tertiary alicyclic amines) is 1. The Hall–Kier alpha value is -1.81. The number of carbonyl (C=O) groups excluding carboxylic acids is 1. The molecule has 1 saturated heterocycles. The summed E-state index contributed by atoms with van der Waals surface area (Å²) < 4.78 is -0.0228. The topological polar surface area (TPSA) is 101 Å². The predicted molar refractivity (Wildman–Crippen MR) is 119 cm³/mol. The zero-order valence-electron chi connectivity index (χ0n) is 16.2. The number of anilines is 1. The highest BCUT2D eigenvalue weighted by molar-refractivity contribution is 6.68. The molecule has 2 N–H and O–H groups in total. The van der Waals surface area contributed by atoms with Gasteiger partial charge in [-0.25, -0.2) is 0 Å². The van der Waals surface area contributed by atoms with Gasteiger partial charge in [0.15, 0.2) is 0 Å². The van der Waals surface area contributed by atoms with E-state index >= 15 is 0 Å². The minimum absolute atomic E-state index is 0.0249. The van der Waals surface area contributed by atoms with Crippen LogP contribution in [0.4, 0.5) is 5.69 Å². The molecule has 0 saturated carbocycles. The maximum atomic E-state index is 12.8. The molecule has 0 spiro atoms. The highest BCUT2D eigenvalue weighted by Crippen LogP contribution is 2.40. The molecule has 2 bridgehead atoms. The lowest BCUT2D eigenvalue weighted by Gasteiger charge is -2.47. The number of nitrogens with one attached hydrogen (secondary N) is 1. The first kappa shape index (κ1) is 22.4. The van der Waals surface area contributed by atoms with Crippen LogP contribution >= 0.6 is 34.8 Å². The van der Waals surface area contributed by atoms with Crippen LogP contribution in [0.2, 0.25) is 0 Å². The van der Waals surface area contributed by atoms with Gasteiger partial charge >= 0.3 is 0 Å². The number of rotatable bonds is 4. The van der Waals surface area contributed by atoms with E-state index in [-0.39, 0.29) is 33.9 Å². The fourth-order valence-electron chi connectivity index (χ4n) is 4.50. The first-order valence-electron chi connectivity index (χ1n) is 9.71. The van der Waals surface area contributed by atoms with Crippen LogP contribution in [0.15, 0.2) is 47.3 Å². The van der Waals surface area contributed by atoms with Crippen LogP contribution in [0.3, 0.4) is 0 Å². The van der Waals surface area contributed by atoms with Crippen molar-refractivity contribution in [2.75, 3.05) is 18.3 Å². The molecule has 8 nitrogen and oxygen atoms in total. The van der Waals surface area contributed by atoms with Crippen molar-refractivity contribution in [3.8, 4) is 0 Å². The average molecular weight is 487 g/mol. The number of benzene rings is 1. The van der Waals surface area contributed by atoms with Crippen molar-refractivity contribution in [1.29, 1.82) is 0 Å². The highest BCUT2D eigenvalue weighted by atomic mass is 35.6. The molecule has 0 unspecified atom stereocenters. The Kier molecular flexibility index (Phi) is 6.22. The summed E-state index contributed by atoms with van der Waals surface area (Å²) in [5.74, 6) is -0.308. The Morgan fingerprint density at radius 2 is 1.94 bits per heavy atom. The number of halogens is 3. The van der Waals surface area contributed by atoms with Crippen molar-refractivity contribution >= 4 is 46.4 Å². The van der Waals surface area contributed by atoms with Crippen LogP contribution in [0.25, 0.3) is 0 Å². The summed E-state index contributed by atoms with van der Waals surface area (Å²) >= 11 is 18.7. The molecule has 166 valence electrons. The number of pyridine rings is 1. The second kappa shape index (κ2) is 8.61. The Morgan fingerprint density at radius 3 is 2.65 bits per heavy atom. The van der Waals surface area contributed by atoms with Gasteiger partial charge in [-0.1, -0.05) is 46.9 Å². The Balaban J connectivity index is 1.58. The molecule has 2 aliphatic heterocycles. The smallest absolute Gasteiger partial charge is 0.252 e. The van der Waals surface area contributed by atoms with Gasteiger partial charge in [0.25, 0.3) is 11.5 Å². The molecule has 1 fully saturated rings. The first-order valence-corrected chi connectivity index (χ1v) is 10.8. The number of carbonyl (C=O) groups is 1. The van der Waals surface area contributed by atoms with Gasteiger partial charge < -0.3 is 20.3 Å². The maximum absolute atomic E-state index is 12.8. The number of hydrogen-bond acceptors (Lipinski definition) is 6. The van der Waals surface area contributed by atoms with E-state index in [0.29, 0.717) is 19.6 Å². The normalized spacial score (nSPS) is 21.8. The van der Waals surface area contributed by atoms with E-state index in [1.54, 1.807) is 16.7 Å². The molecule has 2 aromatic rings. The van der Waals surface area contributed by atoms with E-state index in [9.17, 15) is 14.8 Å². The first-order chi connectivity index (χ1) is 14.6. The third kappa shape index (κ3) is 4.69. The van der Waals surface area contributed by atoms with E-state index in [1.165, 1.54) is 24.3 Å². The molecule has 1 amide bonds. The van der Waals surface area contributed by atoms with Crippen molar-refractivity contribution in [2.45, 2.75) is 28.8 Å². The standard InChI is InChI=1S/C20H20Cl3N4O4/c21-20(22,23)19(24-18(29)13-3-1-4-15(8-13)27(30)31)25-9-12-7-14(11-25)16-5-2-6-17(28)26(16)10-12/h1-6,8,12,14,19,30H,7,9-11H2,(H,24,29)/q-1/t12-,14-,19+/m1/s1. The van der Waals surface area contributed by atoms with E-state index in [4.69, 9.17) is 40.0 Å². The largest absolute Gasteiger partial charge is 0.733 e. The number of amides is 1. The monoisotopic (exact) mass is 485 g/mol. The molecule has 0 radical (unpaired) electrons. The summed E-state index contributed by atoms with van der Waals surface area (Å²) in [6, 6.07) is 10.8. The number of nitrogens with zero attached hydrogens (tertiary/aromatic N) is 3. The van der Waals surface area contributed by atoms with Gasteiger partial charge in [-0.2, -0.15) is 0 Å². The number of piperidine rings is 1. The van der Waals surface area contributed by atoms with E-state index in [0.717, 1.165) is 12.1 Å². The van der Waals surface area contributed by atoms with Gasteiger partial charge in [0.05, 0.1) is 5.69 Å². The molecule has 2 aliphatic rings. The molecule has 0 aliphatic carbocycles. The fourth-order valence-corrected chi connectivity index (χ4v) is 5.08. The fraction of sp³-hybridized carbons (Fsp3) is 0.400. The summed E-state index contributed by atoms with van der Waals surface area (Å²) in [4.78, 5) is 27.0. The third-order valence-corrected chi connectivity index (χ3v) is 6.40. The quantitative estimate of drug-likeness (QED) is 0.509. The van der Waals surface area contributed by atoms with Crippen molar-refractivity contribution < 1.29 is 10.0 Å².